The molecule has 0 radical (unpaired) electrons. The Bertz CT molecular complexity index is 423. The Hall–Kier alpha value is -1.61. The van der Waals surface area contributed by atoms with Crippen molar-refractivity contribution in [1.29, 1.82) is 0 Å². The molecule has 0 atom stereocenters. The van der Waals surface area contributed by atoms with Crippen LogP contribution in [0.15, 0.2) is 36.4 Å². The third-order valence-corrected chi connectivity index (χ3v) is 3.24. The van der Waals surface area contributed by atoms with Gasteiger partial charge in [0.25, 0.3) is 0 Å². The van der Waals surface area contributed by atoms with Crippen LogP contribution in [0.25, 0.3) is 0 Å². The van der Waals surface area contributed by atoms with E-state index >= 15 is 0 Å². The zero-order chi connectivity index (χ0) is 14.8. The van der Waals surface area contributed by atoms with E-state index < -0.39 is 0 Å². The molecule has 110 valence electrons. The molecule has 1 aromatic carbocycles. The lowest BCUT2D eigenvalue weighted by Crippen LogP contribution is -2.18. The van der Waals surface area contributed by atoms with E-state index in [1.165, 1.54) is 24.0 Å². The van der Waals surface area contributed by atoms with Crippen molar-refractivity contribution in [3.05, 3.63) is 47.5 Å². The SMILES string of the molecule is CCCCN(C)Cc1ccc(C/C=C/C(=O)NC)cc1. The average Bonchev–Trinajstić information content (AvgIpc) is 2.46. The van der Waals surface area contributed by atoms with Gasteiger partial charge in [-0.15, -0.1) is 0 Å². The lowest BCUT2D eigenvalue weighted by Gasteiger charge is -2.16. The maximum absolute atomic E-state index is 11.1. The summed E-state index contributed by atoms with van der Waals surface area (Å²) in [7, 11) is 3.80. The van der Waals surface area contributed by atoms with Gasteiger partial charge in [-0.05, 0) is 43.6 Å². The fourth-order valence-electron chi connectivity index (χ4n) is 1.98. The highest BCUT2D eigenvalue weighted by Crippen LogP contribution is 2.08. The maximum atomic E-state index is 11.1. The predicted molar refractivity (Wildman–Crippen MR) is 84.6 cm³/mol. The normalized spacial score (nSPS) is 11.2. The number of carbonyl (C=O) groups excluding carboxylic acids is 1. The molecule has 3 nitrogen and oxygen atoms in total. The highest BCUT2D eigenvalue weighted by molar-refractivity contribution is 5.87. The second-order valence-electron chi connectivity index (χ2n) is 5.13. The molecule has 0 aliphatic heterocycles. The number of amides is 1. The van der Waals surface area contributed by atoms with Gasteiger partial charge in [0.05, 0.1) is 0 Å². The molecular formula is C17H26N2O. The first kappa shape index (κ1) is 16.4. The quantitative estimate of drug-likeness (QED) is 0.739. The molecular weight excluding hydrogens is 248 g/mol. The van der Waals surface area contributed by atoms with E-state index in [9.17, 15) is 4.79 Å². The van der Waals surface area contributed by atoms with Gasteiger partial charge in [0.1, 0.15) is 0 Å². The number of rotatable bonds is 8. The average molecular weight is 274 g/mol. The minimum Gasteiger partial charge on any atom is -0.356 e. The Morgan fingerprint density at radius 1 is 1.25 bits per heavy atom. The van der Waals surface area contributed by atoms with Crippen molar-refractivity contribution in [1.82, 2.24) is 10.2 Å². The van der Waals surface area contributed by atoms with Crippen LogP contribution in [0.1, 0.15) is 30.9 Å². The molecule has 0 bridgehead atoms. The number of hydrogen-bond acceptors (Lipinski definition) is 2. The van der Waals surface area contributed by atoms with E-state index in [1.807, 2.05) is 6.08 Å². The van der Waals surface area contributed by atoms with Crippen LogP contribution in [-0.4, -0.2) is 31.4 Å². The smallest absolute Gasteiger partial charge is 0.243 e. The van der Waals surface area contributed by atoms with Gasteiger partial charge in [0.15, 0.2) is 0 Å². The number of unbranched alkanes of at least 4 members (excludes halogenated alkanes) is 1. The number of allylic oxidation sites excluding steroid dienone is 1. The molecule has 1 amide bonds. The van der Waals surface area contributed by atoms with Gasteiger partial charge < -0.3 is 10.2 Å². The number of likely N-dealkylation sites (N-methyl/N-ethyl adjacent to an activating group) is 1. The zero-order valence-electron chi connectivity index (χ0n) is 12.9. The number of hydrogen-bond donors (Lipinski definition) is 1. The first-order valence-corrected chi connectivity index (χ1v) is 7.30. The highest BCUT2D eigenvalue weighted by Gasteiger charge is 2.00. The minimum absolute atomic E-state index is 0.0563. The Balaban J connectivity index is 2.43. The Morgan fingerprint density at radius 2 is 1.90 bits per heavy atom. The number of nitrogens with one attached hydrogen (secondary N) is 1. The van der Waals surface area contributed by atoms with Crippen LogP contribution >= 0.6 is 0 Å². The van der Waals surface area contributed by atoms with E-state index in [4.69, 9.17) is 0 Å². The van der Waals surface area contributed by atoms with Gasteiger partial charge in [-0.3, -0.25) is 4.79 Å². The van der Waals surface area contributed by atoms with E-state index in [2.05, 4.69) is 48.5 Å². The minimum atomic E-state index is -0.0563. The van der Waals surface area contributed by atoms with Crippen molar-refractivity contribution in [3.8, 4) is 0 Å². The third kappa shape index (κ3) is 6.53. The summed E-state index contributed by atoms with van der Waals surface area (Å²) in [6.45, 7) is 4.36. The number of carbonyl (C=O) groups is 1. The summed E-state index contributed by atoms with van der Waals surface area (Å²) in [6.07, 6.45) is 6.74. The van der Waals surface area contributed by atoms with E-state index in [0.29, 0.717) is 0 Å². The van der Waals surface area contributed by atoms with Crippen LogP contribution in [0, 0.1) is 0 Å². The summed E-state index contributed by atoms with van der Waals surface area (Å²) < 4.78 is 0. The first-order valence-electron chi connectivity index (χ1n) is 7.30. The molecule has 0 heterocycles. The van der Waals surface area contributed by atoms with Gasteiger partial charge in [0.2, 0.25) is 5.91 Å². The zero-order valence-corrected chi connectivity index (χ0v) is 12.9. The molecule has 0 saturated heterocycles. The lowest BCUT2D eigenvalue weighted by molar-refractivity contribution is -0.116. The summed E-state index contributed by atoms with van der Waals surface area (Å²) in [5.74, 6) is -0.0563. The summed E-state index contributed by atoms with van der Waals surface area (Å²) in [5, 5.41) is 2.57. The number of benzene rings is 1. The molecule has 0 aliphatic carbocycles. The summed E-state index contributed by atoms with van der Waals surface area (Å²) >= 11 is 0. The molecule has 0 saturated carbocycles. The summed E-state index contributed by atoms with van der Waals surface area (Å²) in [5.41, 5.74) is 2.56. The van der Waals surface area contributed by atoms with Crippen LogP contribution < -0.4 is 5.32 Å². The Labute approximate surface area is 122 Å². The van der Waals surface area contributed by atoms with Gasteiger partial charge in [-0.2, -0.15) is 0 Å². The largest absolute Gasteiger partial charge is 0.356 e. The molecule has 0 spiro atoms. The lowest BCUT2D eigenvalue weighted by atomic mass is 10.1. The predicted octanol–water partition coefficient (Wildman–Crippen LogP) is 2.76. The molecule has 0 aliphatic rings. The van der Waals surface area contributed by atoms with Gasteiger partial charge >= 0.3 is 0 Å². The van der Waals surface area contributed by atoms with Crippen LogP contribution in [-0.2, 0) is 17.8 Å². The fraction of sp³-hybridized carbons (Fsp3) is 0.471. The van der Waals surface area contributed by atoms with Crippen molar-refractivity contribution in [2.24, 2.45) is 0 Å². The molecule has 3 heteroatoms. The fourth-order valence-corrected chi connectivity index (χ4v) is 1.98. The number of nitrogens with zero attached hydrogens (tertiary/aromatic N) is 1. The van der Waals surface area contributed by atoms with Crippen molar-refractivity contribution in [2.75, 3.05) is 20.6 Å². The summed E-state index contributed by atoms with van der Waals surface area (Å²) in [6, 6.07) is 8.62. The Kier molecular flexibility index (Phi) is 7.66. The van der Waals surface area contributed by atoms with E-state index in [-0.39, 0.29) is 5.91 Å². The van der Waals surface area contributed by atoms with Crippen LogP contribution in [0.4, 0.5) is 0 Å². The van der Waals surface area contributed by atoms with Gasteiger partial charge in [-0.25, -0.2) is 0 Å². The molecule has 1 rings (SSSR count). The van der Waals surface area contributed by atoms with E-state index in [1.54, 1.807) is 13.1 Å². The van der Waals surface area contributed by atoms with Crippen molar-refractivity contribution < 1.29 is 4.79 Å². The van der Waals surface area contributed by atoms with Crippen molar-refractivity contribution in [3.63, 3.8) is 0 Å². The topological polar surface area (TPSA) is 32.3 Å². The second kappa shape index (κ2) is 9.32. The highest BCUT2D eigenvalue weighted by atomic mass is 16.1. The molecule has 1 N–H and O–H groups in total. The standard InChI is InChI=1S/C17H26N2O/c1-4-5-13-19(3)14-16-11-9-15(10-12-16)7-6-8-17(20)18-2/h6,8-12H,4-5,7,13-14H2,1-3H3,(H,18,20)/b8-6+. The van der Waals surface area contributed by atoms with Crippen molar-refractivity contribution in [2.45, 2.75) is 32.7 Å². The van der Waals surface area contributed by atoms with Crippen molar-refractivity contribution >= 4 is 5.91 Å². The monoisotopic (exact) mass is 274 g/mol. The molecule has 0 fully saturated rings. The molecule has 0 unspecified atom stereocenters. The third-order valence-electron chi connectivity index (χ3n) is 3.24. The van der Waals surface area contributed by atoms with Gasteiger partial charge in [0, 0.05) is 13.6 Å². The molecule has 1 aromatic rings. The molecule has 0 aromatic heterocycles. The Morgan fingerprint density at radius 3 is 2.50 bits per heavy atom. The van der Waals surface area contributed by atoms with Crippen LogP contribution in [0.3, 0.4) is 0 Å². The maximum Gasteiger partial charge on any atom is 0.243 e. The summed E-state index contributed by atoms with van der Waals surface area (Å²) in [4.78, 5) is 13.4. The van der Waals surface area contributed by atoms with Gasteiger partial charge in [-0.1, -0.05) is 43.7 Å². The first-order chi connectivity index (χ1) is 9.65. The van der Waals surface area contributed by atoms with Crippen LogP contribution in [0.2, 0.25) is 0 Å². The molecule has 20 heavy (non-hydrogen) atoms. The second-order valence-corrected chi connectivity index (χ2v) is 5.13. The van der Waals surface area contributed by atoms with E-state index in [0.717, 1.165) is 19.5 Å². The van der Waals surface area contributed by atoms with Crippen LogP contribution in [0.5, 0.6) is 0 Å².